The maximum Gasteiger partial charge on any atom is 0.303 e. The number of amides is 1. The quantitative estimate of drug-likeness (QED) is 0.566. The van der Waals surface area contributed by atoms with Gasteiger partial charge in [0.1, 0.15) is 10.9 Å². The number of thiophene rings is 1. The third-order valence-corrected chi connectivity index (χ3v) is 6.11. The van der Waals surface area contributed by atoms with Crippen molar-refractivity contribution in [1.82, 2.24) is 9.99 Å². The molecule has 0 spiro atoms. The highest BCUT2D eigenvalue weighted by Gasteiger charge is 2.35. The maximum absolute atomic E-state index is 12.8. The molecule has 1 aliphatic rings. The van der Waals surface area contributed by atoms with E-state index in [9.17, 15) is 9.59 Å². The topological polar surface area (TPSA) is 92.1 Å². The minimum absolute atomic E-state index is 0.139. The van der Waals surface area contributed by atoms with Gasteiger partial charge in [0.15, 0.2) is 0 Å². The van der Waals surface area contributed by atoms with Crippen molar-refractivity contribution in [3.63, 3.8) is 0 Å². The van der Waals surface area contributed by atoms with Gasteiger partial charge in [-0.2, -0.15) is 5.10 Å². The number of aromatic nitrogens is 1. The molecular formula is C21H18ClN3O4S. The van der Waals surface area contributed by atoms with Gasteiger partial charge in [-0.3, -0.25) is 9.59 Å². The lowest BCUT2D eigenvalue weighted by molar-refractivity contribution is -0.141. The molecule has 1 unspecified atom stereocenters. The van der Waals surface area contributed by atoms with Gasteiger partial charge < -0.3 is 9.84 Å². The number of hydrogen-bond donors (Lipinski definition) is 1. The van der Waals surface area contributed by atoms with Crippen LogP contribution in [0.1, 0.15) is 35.7 Å². The molecule has 9 heteroatoms. The fourth-order valence-corrected chi connectivity index (χ4v) is 4.40. The van der Waals surface area contributed by atoms with Gasteiger partial charge in [0.2, 0.25) is 5.91 Å². The summed E-state index contributed by atoms with van der Waals surface area (Å²) in [4.78, 5) is 29.2. The van der Waals surface area contributed by atoms with Crippen LogP contribution < -0.4 is 4.74 Å². The molecule has 0 fully saturated rings. The van der Waals surface area contributed by atoms with Gasteiger partial charge in [0, 0.05) is 23.8 Å². The van der Waals surface area contributed by atoms with E-state index in [2.05, 4.69) is 10.1 Å². The molecule has 0 saturated carbocycles. The van der Waals surface area contributed by atoms with Gasteiger partial charge >= 0.3 is 5.97 Å². The number of carboxylic acid groups (broad SMARTS) is 1. The SMILES string of the molecule is COc1ccc2nc(Cl)c(C3CC(c4cccs4)=NN3C(=O)CCC(=O)O)cc2c1. The van der Waals surface area contributed by atoms with E-state index in [4.69, 9.17) is 21.4 Å². The largest absolute Gasteiger partial charge is 0.497 e. The molecule has 3 aromatic rings. The number of rotatable bonds is 6. The van der Waals surface area contributed by atoms with Crippen molar-refractivity contribution in [2.45, 2.75) is 25.3 Å². The lowest BCUT2D eigenvalue weighted by Crippen LogP contribution is -2.27. The highest BCUT2D eigenvalue weighted by atomic mass is 35.5. The molecule has 0 saturated heterocycles. The Morgan fingerprint density at radius 3 is 2.83 bits per heavy atom. The van der Waals surface area contributed by atoms with E-state index in [-0.39, 0.29) is 23.9 Å². The van der Waals surface area contributed by atoms with E-state index in [0.717, 1.165) is 16.0 Å². The molecule has 4 rings (SSSR count). The fourth-order valence-electron chi connectivity index (χ4n) is 3.41. The Hall–Kier alpha value is -2.97. The molecule has 30 heavy (non-hydrogen) atoms. The number of carboxylic acids is 1. The zero-order valence-corrected chi connectivity index (χ0v) is 17.6. The van der Waals surface area contributed by atoms with Gasteiger partial charge in [-0.15, -0.1) is 11.3 Å². The van der Waals surface area contributed by atoms with E-state index in [1.165, 1.54) is 16.3 Å². The third kappa shape index (κ3) is 4.01. The van der Waals surface area contributed by atoms with Crippen molar-refractivity contribution in [2.75, 3.05) is 7.11 Å². The Labute approximate surface area is 181 Å². The van der Waals surface area contributed by atoms with Crippen LogP contribution in [0.4, 0.5) is 0 Å². The van der Waals surface area contributed by atoms with Crippen molar-refractivity contribution >= 4 is 51.4 Å². The van der Waals surface area contributed by atoms with E-state index in [1.807, 2.05) is 35.7 Å². The Morgan fingerprint density at radius 1 is 1.30 bits per heavy atom. The van der Waals surface area contributed by atoms with Crippen LogP contribution in [0.25, 0.3) is 10.9 Å². The second-order valence-corrected chi connectivity index (χ2v) is 8.11. The Morgan fingerprint density at radius 2 is 2.13 bits per heavy atom. The Bertz CT molecular complexity index is 1150. The van der Waals surface area contributed by atoms with E-state index in [1.54, 1.807) is 13.2 Å². The van der Waals surface area contributed by atoms with Gasteiger partial charge in [0.25, 0.3) is 0 Å². The predicted molar refractivity (Wildman–Crippen MR) is 115 cm³/mol. The molecule has 0 aliphatic carbocycles. The zero-order valence-electron chi connectivity index (χ0n) is 16.0. The maximum atomic E-state index is 12.8. The molecule has 1 aliphatic heterocycles. The lowest BCUT2D eigenvalue weighted by Gasteiger charge is -2.23. The highest BCUT2D eigenvalue weighted by Crippen LogP contribution is 2.38. The second kappa shape index (κ2) is 8.41. The summed E-state index contributed by atoms with van der Waals surface area (Å²) >= 11 is 8.04. The predicted octanol–water partition coefficient (Wildman–Crippen LogP) is 4.50. The minimum atomic E-state index is -1.03. The van der Waals surface area contributed by atoms with Crippen LogP contribution in [-0.4, -0.2) is 39.8 Å². The van der Waals surface area contributed by atoms with Crippen molar-refractivity contribution in [2.24, 2.45) is 5.10 Å². The van der Waals surface area contributed by atoms with Gasteiger partial charge in [0.05, 0.1) is 35.7 Å². The number of pyridine rings is 1. The first-order valence-corrected chi connectivity index (χ1v) is 10.5. The Kier molecular flexibility index (Phi) is 5.69. The van der Waals surface area contributed by atoms with E-state index < -0.39 is 12.0 Å². The number of carbonyl (C=O) groups excluding carboxylic acids is 1. The molecule has 2 aromatic heterocycles. The van der Waals surface area contributed by atoms with Crippen molar-refractivity contribution in [3.8, 4) is 5.75 Å². The molecule has 154 valence electrons. The molecule has 1 aromatic carbocycles. The van der Waals surface area contributed by atoms with Crippen LogP contribution in [0.5, 0.6) is 5.75 Å². The van der Waals surface area contributed by atoms with Gasteiger partial charge in [-0.25, -0.2) is 9.99 Å². The number of nitrogens with zero attached hydrogens (tertiary/aromatic N) is 3. The number of aliphatic carboxylic acids is 1. The normalized spacial score (nSPS) is 16.0. The number of methoxy groups -OCH3 is 1. The summed E-state index contributed by atoms with van der Waals surface area (Å²) in [7, 11) is 1.59. The van der Waals surface area contributed by atoms with E-state index >= 15 is 0 Å². The van der Waals surface area contributed by atoms with Crippen LogP contribution in [-0.2, 0) is 9.59 Å². The Balaban J connectivity index is 1.74. The third-order valence-electron chi connectivity index (χ3n) is 4.89. The standard InChI is InChI=1S/C21H18ClN3O4S/c1-29-13-4-5-15-12(9-13)10-14(21(22)23-15)17-11-16(18-3-2-8-30-18)24-25(17)19(26)6-7-20(27)28/h2-5,8-10,17H,6-7,11H2,1H3,(H,27,28). The average molecular weight is 444 g/mol. The summed E-state index contributed by atoms with van der Waals surface area (Å²) in [5, 5.41) is 17.9. The smallest absolute Gasteiger partial charge is 0.303 e. The first-order chi connectivity index (χ1) is 14.5. The molecule has 1 amide bonds. The molecular weight excluding hydrogens is 426 g/mol. The van der Waals surface area contributed by atoms with Crippen molar-refractivity contribution in [1.29, 1.82) is 0 Å². The van der Waals surface area contributed by atoms with Crippen LogP contribution in [0.2, 0.25) is 5.15 Å². The van der Waals surface area contributed by atoms with Crippen molar-refractivity contribution in [3.05, 3.63) is 57.4 Å². The highest BCUT2D eigenvalue weighted by molar-refractivity contribution is 7.12. The number of hydrogen-bond acceptors (Lipinski definition) is 6. The zero-order chi connectivity index (χ0) is 21.3. The number of halogens is 1. The number of hydrazone groups is 1. The molecule has 7 nitrogen and oxygen atoms in total. The summed E-state index contributed by atoms with van der Waals surface area (Å²) in [6, 6.07) is 10.8. The summed E-state index contributed by atoms with van der Waals surface area (Å²) in [6.07, 6.45) is 0.0719. The summed E-state index contributed by atoms with van der Waals surface area (Å²) < 4.78 is 5.30. The van der Waals surface area contributed by atoms with Gasteiger partial charge in [-0.05, 0) is 35.7 Å². The lowest BCUT2D eigenvalue weighted by atomic mass is 10.0. The minimum Gasteiger partial charge on any atom is -0.497 e. The van der Waals surface area contributed by atoms with E-state index in [0.29, 0.717) is 23.3 Å². The molecule has 3 heterocycles. The van der Waals surface area contributed by atoms with Gasteiger partial charge in [-0.1, -0.05) is 17.7 Å². The first-order valence-electron chi connectivity index (χ1n) is 9.25. The fraction of sp³-hybridized carbons (Fsp3) is 0.238. The summed E-state index contributed by atoms with van der Waals surface area (Å²) in [5.74, 6) is -0.705. The summed E-state index contributed by atoms with van der Waals surface area (Å²) in [5.41, 5.74) is 2.14. The molecule has 1 atom stereocenters. The molecule has 0 bridgehead atoms. The average Bonchev–Trinajstić information content (AvgIpc) is 3.41. The number of ether oxygens (including phenoxy) is 1. The van der Waals surface area contributed by atoms with Crippen LogP contribution in [0.15, 0.2) is 46.9 Å². The molecule has 1 N–H and O–H groups in total. The first kappa shape index (κ1) is 20.3. The number of benzene rings is 1. The monoisotopic (exact) mass is 443 g/mol. The van der Waals surface area contributed by atoms with Crippen LogP contribution >= 0.6 is 22.9 Å². The number of carbonyl (C=O) groups is 2. The second-order valence-electron chi connectivity index (χ2n) is 6.80. The van der Waals surface area contributed by atoms with Crippen molar-refractivity contribution < 1.29 is 19.4 Å². The van der Waals surface area contributed by atoms with Crippen LogP contribution in [0, 0.1) is 0 Å². The number of fused-ring (bicyclic) bond motifs is 1. The summed E-state index contributed by atoms with van der Waals surface area (Å²) in [6.45, 7) is 0. The molecule has 0 radical (unpaired) electrons. The van der Waals surface area contributed by atoms with Crippen LogP contribution in [0.3, 0.4) is 0 Å².